The van der Waals surface area contributed by atoms with Crippen molar-refractivity contribution in [3.05, 3.63) is 0 Å². The lowest BCUT2D eigenvalue weighted by atomic mass is 10.3. The molecule has 0 spiro atoms. The molecule has 88 valence electrons. The van der Waals surface area contributed by atoms with E-state index in [4.69, 9.17) is 4.74 Å². The van der Waals surface area contributed by atoms with Crippen molar-refractivity contribution >= 4 is 12.0 Å². The molecular weight excluding hydrogens is 192 g/mol. The summed E-state index contributed by atoms with van der Waals surface area (Å²) in [6.07, 6.45) is 4.26. The molecule has 0 aromatic carbocycles. The highest BCUT2D eigenvalue weighted by atomic mass is 16.6. The van der Waals surface area contributed by atoms with Crippen molar-refractivity contribution in [3.63, 3.8) is 0 Å². The Kier molecular flexibility index (Phi) is 8.82. The van der Waals surface area contributed by atoms with Gasteiger partial charge in [-0.1, -0.05) is 26.7 Å². The summed E-state index contributed by atoms with van der Waals surface area (Å²) in [6, 6.07) is 0.365. The highest BCUT2D eigenvalue weighted by molar-refractivity contribution is 5.86. The second kappa shape index (κ2) is 9.49. The van der Waals surface area contributed by atoms with Crippen molar-refractivity contribution in [1.82, 2.24) is 5.32 Å². The van der Waals surface area contributed by atoms with E-state index in [-0.39, 0.29) is 5.97 Å². The Balaban J connectivity index is 3.93. The van der Waals surface area contributed by atoms with Gasteiger partial charge < -0.3 is 10.1 Å². The molecule has 0 atom stereocenters. The van der Waals surface area contributed by atoms with E-state index in [1.807, 2.05) is 0 Å². The predicted octanol–water partition coefficient (Wildman–Crippen LogP) is 2.10. The van der Waals surface area contributed by atoms with E-state index in [9.17, 15) is 4.79 Å². The third kappa shape index (κ3) is 9.25. The molecule has 0 saturated carbocycles. The maximum Gasteiger partial charge on any atom is 0.310 e. The van der Waals surface area contributed by atoms with Gasteiger partial charge in [0.25, 0.3) is 6.02 Å². The number of nitrogens with one attached hydrogen (secondary N) is 1. The van der Waals surface area contributed by atoms with Crippen LogP contribution in [0.4, 0.5) is 0 Å². The number of carbonyl (C=O) groups is 1. The van der Waals surface area contributed by atoms with Crippen molar-refractivity contribution in [1.29, 1.82) is 0 Å². The van der Waals surface area contributed by atoms with Gasteiger partial charge in [0, 0.05) is 20.0 Å². The van der Waals surface area contributed by atoms with Crippen LogP contribution in [0, 0.1) is 0 Å². The fourth-order valence-electron chi connectivity index (χ4n) is 0.971. The number of amidine groups is 1. The molecule has 0 aliphatic carbocycles. The molecule has 0 fully saturated rings. The Morgan fingerprint density at radius 3 is 2.47 bits per heavy atom. The third-order valence-electron chi connectivity index (χ3n) is 1.81. The number of rotatable bonds is 6. The molecule has 15 heavy (non-hydrogen) atoms. The van der Waals surface area contributed by atoms with E-state index in [2.05, 4.69) is 24.2 Å². The number of unbranched alkanes of at least 4 members (excludes halogenated alkanes) is 2. The van der Waals surface area contributed by atoms with Crippen molar-refractivity contribution < 1.29 is 9.53 Å². The first kappa shape index (κ1) is 13.9. The van der Waals surface area contributed by atoms with E-state index in [1.165, 1.54) is 6.92 Å². The highest BCUT2D eigenvalue weighted by Crippen LogP contribution is 1.90. The van der Waals surface area contributed by atoms with Crippen LogP contribution < -0.4 is 5.32 Å². The van der Waals surface area contributed by atoms with Gasteiger partial charge >= 0.3 is 5.97 Å². The molecule has 0 rings (SSSR count). The summed E-state index contributed by atoms with van der Waals surface area (Å²) in [5, 5.41) is 3.02. The van der Waals surface area contributed by atoms with Crippen LogP contribution in [0.15, 0.2) is 4.99 Å². The summed E-state index contributed by atoms with van der Waals surface area (Å²) in [7, 11) is 0. The Morgan fingerprint density at radius 2 is 1.93 bits per heavy atom. The summed E-state index contributed by atoms with van der Waals surface area (Å²) in [5.41, 5.74) is 0. The number of ether oxygens (including phenoxy) is 1. The van der Waals surface area contributed by atoms with E-state index < -0.39 is 0 Å². The molecule has 0 radical (unpaired) electrons. The van der Waals surface area contributed by atoms with Gasteiger partial charge in [-0.3, -0.25) is 4.79 Å². The standard InChI is InChI=1S/C11H22N2O2/c1-4-6-8-12-11(15-10(3)14)13-9-7-5-2/h4-9H2,1-3H3,(H,12,13). The van der Waals surface area contributed by atoms with Crippen LogP contribution in [0.3, 0.4) is 0 Å². The molecule has 4 nitrogen and oxygen atoms in total. The molecular formula is C11H22N2O2. The van der Waals surface area contributed by atoms with Crippen LogP contribution in [0.25, 0.3) is 0 Å². The minimum atomic E-state index is -0.325. The van der Waals surface area contributed by atoms with E-state index in [0.717, 1.165) is 32.2 Å². The smallest absolute Gasteiger partial charge is 0.310 e. The molecule has 4 heteroatoms. The Morgan fingerprint density at radius 1 is 1.27 bits per heavy atom. The maximum atomic E-state index is 10.8. The minimum Gasteiger partial charge on any atom is -0.393 e. The summed E-state index contributed by atoms with van der Waals surface area (Å²) in [6.45, 7) is 7.11. The zero-order valence-corrected chi connectivity index (χ0v) is 10.0. The topological polar surface area (TPSA) is 50.7 Å². The van der Waals surface area contributed by atoms with E-state index in [0.29, 0.717) is 12.6 Å². The van der Waals surface area contributed by atoms with E-state index >= 15 is 0 Å². The van der Waals surface area contributed by atoms with Gasteiger partial charge in [0.05, 0.1) is 0 Å². The first-order chi connectivity index (χ1) is 7.20. The monoisotopic (exact) mass is 214 g/mol. The van der Waals surface area contributed by atoms with Crippen molar-refractivity contribution in [2.45, 2.75) is 46.5 Å². The molecule has 0 aromatic heterocycles. The lowest BCUT2D eigenvalue weighted by Crippen LogP contribution is -2.29. The average molecular weight is 214 g/mol. The molecule has 1 N–H and O–H groups in total. The van der Waals surface area contributed by atoms with Crippen LogP contribution in [-0.2, 0) is 9.53 Å². The van der Waals surface area contributed by atoms with Gasteiger partial charge in [0.1, 0.15) is 0 Å². The molecule has 0 aliphatic rings. The fourth-order valence-corrected chi connectivity index (χ4v) is 0.971. The summed E-state index contributed by atoms with van der Waals surface area (Å²) >= 11 is 0. The number of esters is 1. The molecule has 0 aliphatic heterocycles. The molecule has 0 bridgehead atoms. The first-order valence-electron chi connectivity index (χ1n) is 5.67. The summed E-state index contributed by atoms with van der Waals surface area (Å²) in [4.78, 5) is 15.0. The molecule has 0 aromatic rings. The van der Waals surface area contributed by atoms with Crippen molar-refractivity contribution in [2.24, 2.45) is 4.99 Å². The lowest BCUT2D eigenvalue weighted by Gasteiger charge is -2.07. The quantitative estimate of drug-likeness (QED) is 0.319. The molecule has 0 heterocycles. The first-order valence-corrected chi connectivity index (χ1v) is 5.67. The van der Waals surface area contributed by atoms with E-state index in [1.54, 1.807) is 0 Å². The van der Waals surface area contributed by atoms with Gasteiger partial charge in [-0.25, -0.2) is 4.99 Å². The number of hydrogen-bond donors (Lipinski definition) is 1. The summed E-state index contributed by atoms with van der Waals surface area (Å²) in [5.74, 6) is -0.325. The van der Waals surface area contributed by atoms with Gasteiger partial charge in [-0.05, 0) is 12.8 Å². The van der Waals surface area contributed by atoms with Crippen molar-refractivity contribution in [2.75, 3.05) is 13.1 Å². The Labute approximate surface area is 92.1 Å². The Hall–Kier alpha value is -1.06. The van der Waals surface area contributed by atoms with Gasteiger partial charge in [-0.2, -0.15) is 0 Å². The van der Waals surface area contributed by atoms with Gasteiger partial charge in [0.15, 0.2) is 0 Å². The highest BCUT2D eigenvalue weighted by Gasteiger charge is 2.02. The third-order valence-corrected chi connectivity index (χ3v) is 1.81. The lowest BCUT2D eigenvalue weighted by molar-refractivity contribution is -0.133. The fraction of sp³-hybridized carbons (Fsp3) is 0.818. The number of aliphatic imine (C=N–C) groups is 1. The number of nitrogens with zero attached hydrogens (tertiary/aromatic N) is 1. The second-order valence-electron chi connectivity index (χ2n) is 3.41. The predicted molar refractivity (Wildman–Crippen MR) is 61.9 cm³/mol. The van der Waals surface area contributed by atoms with Crippen molar-refractivity contribution in [3.8, 4) is 0 Å². The van der Waals surface area contributed by atoms with Crippen LogP contribution >= 0.6 is 0 Å². The zero-order chi connectivity index (χ0) is 11.5. The van der Waals surface area contributed by atoms with Crippen LogP contribution in [0.5, 0.6) is 0 Å². The van der Waals surface area contributed by atoms with Gasteiger partial charge in [0.2, 0.25) is 0 Å². The summed E-state index contributed by atoms with van der Waals surface area (Å²) < 4.78 is 4.94. The van der Waals surface area contributed by atoms with Crippen LogP contribution in [0.1, 0.15) is 46.5 Å². The maximum absolute atomic E-state index is 10.8. The molecule has 0 amide bonds. The normalized spacial score (nSPS) is 11.3. The van der Waals surface area contributed by atoms with Gasteiger partial charge in [-0.15, -0.1) is 0 Å². The minimum absolute atomic E-state index is 0.325. The molecule has 0 saturated heterocycles. The largest absolute Gasteiger partial charge is 0.393 e. The Bertz CT molecular complexity index is 203. The van der Waals surface area contributed by atoms with Crippen LogP contribution in [0.2, 0.25) is 0 Å². The van der Waals surface area contributed by atoms with Crippen LogP contribution in [-0.4, -0.2) is 25.1 Å². The second-order valence-corrected chi connectivity index (χ2v) is 3.41. The number of carbonyl (C=O) groups excluding carboxylic acids is 1. The number of hydrogen-bond acceptors (Lipinski definition) is 3. The SMILES string of the molecule is CCCCN=C(NCCCC)OC(C)=O. The average Bonchev–Trinajstić information content (AvgIpc) is 2.17. The zero-order valence-electron chi connectivity index (χ0n) is 10.0. The molecule has 0 unspecified atom stereocenters.